The van der Waals surface area contributed by atoms with E-state index in [9.17, 15) is 43.2 Å². The van der Waals surface area contributed by atoms with Crippen LogP contribution in [0.25, 0.3) is 0 Å². The molecule has 0 spiro atoms. The molecule has 0 aliphatic rings. The lowest BCUT2D eigenvalue weighted by atomic mass is 10.1. The molecule has 5 atom stereocenters. The van der Waals surface area contributed by atoms with Crippen LogP contribution >= 0.6 is 15.6 Å². The summed E-state index contributed by atoms with van der Waals surface area (Å²) >= 11 is 0. The second kappa shape index (κ2) is 70.9. The summed E-state index contributed by atoms with van der Waals surface area (Å²) in [4.78, 5) is 72.8. The SMILES string of the molecule is CC/C=C\C/C=C\C/C=C\C/C=C\CCCCC(=O)OCC(COP(=O)(O)OCC(O)COP(=O)(O)OCC(COC(=O)CCCCCCC/C=C\CCCCCCCC)OC(=O)CCCCCCC/C=C\CCCCCC)OC(=O)CCCC/C=C\C/C=C\C/C=C\C/C=C\CC. The molecule has 0 aliphatic heterocycles. The monoisotopic (exact) mass is 1420 g/mol. The van der Waals surface area contributed by atoms with Gasteiger partial charge in [0.25, 0.3) is 0 Å². The third kappa shape index (κ3) is 69.9. The number of phosphoric ester groups is 2. The van der Waals surface area contributed by atoms with Crippen molar-refractivity contribution >= 4 is 39.5 Å². The summed E-state index contributed by atoms with van der Waals surface area (Å²) in [6, 6.07) is 0. The van der Waals surface area contributed by atoms with Gasteiger partial charge in [0.1, 0.15) is 19.3 Å². The molecule has 0 fully saturated rings. The van der Waals surface area contributed by atoms with Gasteiger partial charge in [0.05, 0.1) is 26.4 Å². The Bertz CT molecular complexity index is 2340. The Morgan fingerprint density at radius 2 is 0.531 bits per heavy atom. The predicted octanol–water partition coefficient (Wildman–Crippen LogP) is 21.6. The van der Waals surface area contributed by atoms with Gasteiger partial charge in [-0.1, -0.05) is 239 Å². The first kappa shape index (κ1) is 93.5. The Labute approximate surface area is 593 Å². The van der Waals surface area contributed by atoms with Gasteiger partial charge in [0.15, 0.2) is 12.2 Å². The predicted molar refractivity (Wildman–Crippen MR) is 399 cm³/mol. The smallest absolute Gasteiger partial charge is 0.462 e. The summed E-state index contributed by atoms with van der Waals surface area (Å²) in [5.41, 5.74) is 0. The normalized spacial score (nSPS) is 14.6. The van der Waals surface area contributed by atoms with Gasteiger partial charge in [-0.3, -0.25) is 37.3 Å². The number of aliphatic hydroxyl groups is 1. The van der Waals surface area contributed by atoms with Crippen molar-refractivity contribution in [3.63, 3.8) is 0 Å². The van der Waals surface area contributed by atoms with E-state index in [1.54, 1.807) is 0 Å². The van der Waals surface area contributed by atoms with E-state index in [-0.39, 0.29) is 25.7 Å². The van der Waals surface area contributed by atoms with Crippen LogP contribution in [0.3, 0.4) is 0 Å². The summed E-state index contributed by atoms with van der Waals surface area (Å²) in [5, 5.41) is 10.6. The molecule has 0 saturated carbocycles. The van der Waals surface area contributed by atoms with Crippen LogP contribution in [0, 0.1) is 0 Å². The Kier molecular flexibility index (Phi) is 67.6. The van der Waals surface area contributed by atoms with Gasteiger partial charge in [-0.25, -0.2) is 9.13 Å². The van der Waals surface area contributed by atoms with Crippen LogP contribution in [0.15, 0.2) is 122 Å². The molecule has 0 rings (SSSR count). The van der Waals surface area contributed by atoms with Crippen LogP contribution < -0.4 is 0 Å². The molecule has 0 saturated heterocycles. The van der Waals surface area contributed by atoms with Crippen LogP contribution in [0.4, 0.5) is 0 Å². The van der Waals surface area contributed by atoms with Crippen molar-refractivity contribution in [2.75, 3.05) is 39.6 Å². The highest BCUT2D eigenvalue weighted by molar-refractivity contribution is 7.47. The second-order valence-corrected chi connectivity index (χ2v) is 27.7. The number of unbranched alkanes of at least 4 members (excludes halogenated alkanes) is 24. The molecule has 0 aromatic carbocycles. The molecule has 0 radical (unpaired) electrons. The van der Waals surface area contributed by atoms with Crippen molar-refractivity contribution in [1.82, 2.24) is 0 Å². The molecule has 19 heteroatoms. The summed E-state index contributed by atoms with van der Waals surface area (Å²) in [7, 11) is -9.98. The maximum atomic E-state index is 13.1. The first-order valence-corrected chi connectivity index (χ1v) is 40.8. The van der Waals surface area contributed by atoms with Crippen LogP contribution in [-0.2, 0) is 65.4 Å². The summed E-state index contributed by atoms with van der Waals surface area (Å²) in [6.07, 6.45) is 76.3. The number of phosphoric acid groups is 2. The summed E-state index contributed by atoms with van der Waals surface area (Å²) < 4.78 is 68.3. The van der Waals surface area contributed by atoms with Gasteiger partial charge in [0, 0.05) is 25.7 Å². The lowest BCUT2D eigenvalue weighted by Crippen LogP contribution is -2.30. The molecule has 0 amide bonds. The van der Waals surface area contributed by atoms with E-state index in [1.165, 1.54) is 64.2 Å². The minimum absolute atomic E-state index is 0.0306. The van der Waals surface area contributed by atoms with Gasteiger partial charge in [-0.2, -0.15) is 0 Å². The van der Waals surface area contributed by atoms with E-state index in [4.69, 9.17) is 37.0 Å². The van der Waals surface area contributed by atoms with Gasteiger partial charge in [-0.05, 0) is 154 Å². The lowest BCUT2D eigenvalue weighted by molar-refractivity contribution is -0.161. The molecule has 98 heavy (non-hydrogen) atoms. The van der Waals surface area contributed by atoms with Crippen molar-refractivity contribution in [2.45, 2.75) is 316 Å². The van der Waals surface area contributed by atoms with Crippen molar-refractivity contribution in [3.05, 3.63) is 122 Å². The lowest BCUT2D eigenvalue weighted by Gasteiger charge is -2.21. The van der Waals surface area contributed by atoms with Crippen molar-refractivity contribution in [3.8, 4) is 0 Å². The first-order valence-electron chi connectivity index (χ1n) is 37.8. The first-order chi connectivity index (χ1) is 47.7. The fourth-order valence-electron chi connectivity index (χ4n) is 9.66. The number of rotatable bonds is 70. The van der Waals surface area contributed by atoms with Gasteiger partial charge < -0.3 is 33.8 Å². The van der Waals surface area contributed by atoms with E-state index in [1.807, 2.05) is 0 Å². The third-order valence-corrected chi connectivity index (χ3v) is 17.3. The standard InChI is InChI=1S/C79H134O17P2/c1-5-9-13-17-21-25-29-33-36-40-43-47-51-55-59-63-76(81)89-69-74(95-78(83)65-61-57-53-49-45-39-32-28-24-20-16-12-8-4)71-93-97(85,86)91-67-73(80)68-92-98(87,88)94-72-75(96-79(84)66-62-58-54-50-46-42-38-35-31-27-23-19-15-11-7-3)70-90-77(82)64-60-56-52-48-44-41-37-34-30-26-22-18-14-10-6-2/h10-11,14-15,22-23,26-28,32-38,44,46,48,50,73-75,80H,5-9,12-13,16-21,24-25,29-31,39-43,45,47,49,51-72H2,1-4H3,(H,85,86)(H,87,88)/b14-10-,15-11-,26-22-,27-23-,32-28-,36-33-,37-34-,38-35-,48-44-,50-46-. The van der Waals surface area contributed by atoms with Crippen LogP contribution in [0.2, 0.25) is 0 Å². The Balaban J connectivity index is 5.43. The molecular weight excluding hydrogens is 1280 g/mol. The summed E-state index contributed by atoms with van der Waals surface area (Å²) in [5.74, 6) is -2.29. The number of hydrogen-bond donors (Lipinski definition) is 3. The number of carbonyl (C=O) groups is 4. The van der Waals surface area contributed by atoms with Crippen molar-refractivity contribution < 1.29 is 80.2 Å². The quantitative estimate of drug-likeness (QED) is 0.0169. The topological polar surface area (TPSA) is 237 Å². The fourth-order valence-corrected chi connectivity index (χ4v) is 11.2. The highest BCUT2D eigenvalue weighted by atomic mass is 31.2. The highest BCUT2D eigenvalue weighted by Gasteiger charge is 2.30. The molecular formula is C79H134O17P2. The largest absolute Gasteiger partial charge is 0.472 e. The van der Waals surface area contributed by atoms with Crippen LogP contribution in [-0.4, -0.2) is 96.7 Å². The number of aliphatic hydroxyl groups excluding tert-OH is 1. The van der Waals surface area contributed by atoms with E-state index in [0.717, 1.165) is 148 Å². The maximum Gasteiger partial charge on any atom is 0.472 e. The Morgan fingerprint density at radius 1 is 0.296 bits per heavy atom. The minimum Gasteiger partial charge on any atom is -0.462 e. The van der Waals surface area contributed by atoms with Gasteiger partial charge in [-0.15, -0.1) is 0 Å². The molecule has 0 aromatic rings. The molecule has 0 aromatic heterocycles. The molecule has 0 bridgehead atoms. The molecule has 3 N–H and O–H groups in total. The van der Waals surface area contributed by atoms with E-state index >= 15 is 0 Å². The highest BCUT2D eigenvalue weighted by Crippen LogP contribution is 2.45. The molecule has 5 unspecified atom stereocenters. The van der Waals surface area contributed by atoms with Gasteiger partial charge >= 0.3 is 39.5 Å². The Hall–Kier alpha value is -4.54. The average Bonchev–Trinajstić information content (AvgIpc) is 1.04. The zero-order valence-corrected chi connectivity index (χ0v) is 63.0. The zero-order chi connectivity index (χ0) is 71.8. The maximum absolute atomic E-state index is 13.1. The molecule has 0 aliphatic carbocycles. The minimum atomic E-state index is -5.00. The third-order valence-electron chi connectivity index (χ3n) is 15.4. The summed E-state index contributed by atoms with van der Waals surface area (Å²) in [6.45, 7) is 4.50. The van der Waals surface area contributed by atoms with E-state index < -0.39 is 97.5 Å². The zero-order valence-electron chi connectivity index (χ0n) is 61.2. The van der Waals surface area contributed by atoms with Crippen LogP contribution in [0.1, 0.15) is 297 Å². The van der Waals surface area contributed by atoms with Crippen LogP contribution in [0.5, 0.6) is 0 Å². The fraction of sp³-hybridized carbons (Fsp3) is 0.696. The number of carbonyl (C=O) groups excluding carboxylic acids is 4. The molecule has 562 valence electrons. The van der Waals surface area contributed by atoms with Crippen molar-refractivity contribution in [1.29, 1.82) is 0 Å². The number of ether oxygens (including phenoxy) is 4. The number of hydrogen-bond acceptors (Lipinski definition) is 15. The van der Waals surface area contributed by atoms with E-state index in [0.29, 0.717) is 32.1 Å². The Morgan fingerprint density at radius 3 is 0.857 bits per heavy atom. The van der Waals surface area contributed by atoms with Gasteiger partial charge in [0.2, 0.25) is 0 Å². The average molecular weight is 1420 g/mol. The van der Waals surface area contributed by atoms with E-state index in [2.05, 4.69) is 149 Å². The number of esters is 4. The molecule has 0 heterocycles. The van der Waals surface area contributed by atoms with Crippen molar-refractivity contribution in [2.24, 2.45) is 0 Å². The number of allylic oxidation sites excluding steroid dienone is 20. The second-order valence-electron chi connectivity index (χ2n) is 24.8. The molecule has 17 nitrogen and oxygen atoms in total.